The minimum Gasteiger partial charge on any atom is -0.456 e. The number of fused-ring (bicyclic) bond motifs is 11. The number of rotatable bonds is 5. The van der Waals surface area contributed by atoms with Gasteiger partial charge in [-0.3, -0.25) is 0 Å². The van der Waals surface area contributed by atoms with E-state index in [9.17, 15) is 0 Å². The highest BCUT2D eigenvalue weighted by atomic mass is 16.3. The molecule has 11 aromatic rings. The van der Waals surface area contributed by atoms with E-state index in [1.165, 1.54) is 44.2 Å². The first-order valence-corrected chi connectivity index (χ1v) is 19.2. The highest BCUT2D eigenvalue weighted by Crippen LogP contribution is 2.59. The Morgan fingerprint density at radius 2 is 0.875 bits per heavy atom. The third-order valence-corrected chi connectivity index (χ3v) is 11.9. The summed E-state index contributed by atoms with van der Waals surface area (Å²) in [6, 6.07) is 72.2. The third-order valence-electron chi connectivity index (χ3n) is 11.9. The van der Waals surface area contributed by atoms with Crippen LogP contribution in [0.1, 0.15) is 22.3 Å². The first kappa shape index (κ1) is 31.0. The maximum Gasteiger partial charge on any atom is 0.137 e. The standard InChI is InChI=1S/C53H33NO2/c1-3-16-35(17-4-1)53(36-18-5-2-6-19-36)43-33-37(30-32-39(43)40-31-29-34-15-7-8-20-38(34)52(40)53)54(44-23-13-27-48-50(44)41-21-9-11-25-46(41)55-48)45-24-14-28-49-51(45)42-22-10-12-26-47(42)56-49/h1-33H. The van der Waals surface area contributed by atoms with Crippen molar-refractivity contribution in [3.05, 3.63) is 222 Å². The van der Waals surface area contributed by atoms with Gasteiger partial charge in [0.05, 0.1) is 27.6 Å². The number of para-hydroxylation sites is 2. The maximum absolute atomic E-state index is 6.52. The van der Waals surface area contributed by atoms with Crippen LogP contribution in [0.2, 0.25) is 0 Å². The molecule has 0 N–H and O–H groups in total. The average Bonchev–Trinajstić information content (AvgIpc) is 3.93. The van der Waals surface area contributed by atoms with E-state index >= 15 is 0 Å². The predicted molar refractivity (Wildman–Crippen MR) is 230 cm³/mol. The Morgan fingerprint density at radius 1 is 0.375 bits per heavy atom. The molecule has 12 rings (SSSR count). The van der Waals surface area contributed by atoms with E-state index in [4.69, 9.17) is 8.83 Å². The van der Waals surface area contributed by atoms with Gasteiger partial charge in [0, 0.05) is 16.5 Å². The minimum atomic E-state index is -0.599. The van der Waals surface area contributed by atoms with Gasteiger partial charge >= 0.3 is 0 Å². The van der Waals surface area contributed by atoms with Crippen LogP contribution in [-0.2, 0) is 5.41 Å². The van der Waals surface area contributed by atoms with E-state index in [1.807, 2.05) is 12.1 Å². The molecule has 0 saturated heterocycles. The van der Waals surface area contributed by atoms with Crippen molar-refractivity contribution < 1.29 is 8.83 Å². The Morgan fingerprint density at radius 3 is 1.48 bits per heavy atom. The first-order valence-electron chi connectivity index (χ1n) is 19.2. The average molecular weight is 716 g/mol. The summed E-state index contributed by atoms with van der Waals surface area (Å²) >= 11 is 0. The van der Waals surface area contributed by atoms with Gasteiger partial charge in [-0.15, -0.1) is 0 Å². The SMILES string of the molecule is c1ccc(C2(c3ccccc3)c3cc(N(c4cccc5oc6ccccc6c45)c4cccc5oc6ccccc6c45)ccc3-c3ccc4ccccc4c32)cc1. The highest BCUT2D eigenvalue weighted by molar-refractivity contribution is 6.18. The monoisotopic (exact) mass is 715 g/mol. The summed E-state index contributed by atoms with van der Waals surface area (Å²) in [5.74, 6) is 0. The molecule has 2 heterocycles. The Kier molecular flexibility index (Phi) is 6.55. The zero-order chi connectivity index (χ0) is 36.8. The zero-order valence-corrected chi connectivity index (χ0v) is 30.3. The van der Waals surface area contributed by atoms with Crippen molar-refractivity contribution in [2.45, 2.75) is 5.41 Å². The van der Waals surface area contributed by atoms with Gasteiger partial charge in [0.25, 0.3) is 0 Å². The van der Waals surface area contributed by atoms with Crippen molar-refractivity contribution in [1.82, 2.24) is 0 Å². The molecule has 0 fully saturated rings. The molecule has 0 unspecified atom stereocenters. The molecule has 0 amide bonds. The number of hydrogen-bond donors (Lipinski definition) is 0. The van der Waals surface area contributed by atoms with E-state index in [0.717, 1.165) is 60.9 Å². The summed E-state index contributed by atoms with van der Waals surface area (Å²) in [6.07, 6.45) is 0. The van der Waals surface area contributed by atoms with Crippen molar-refractivity contribution in [1.29, 1.82) is 0 Å². The Bertz CT molecular complexity index is 3170. The molecule has 3 heteroatoms. The Hall–Kier alpha value is -7.36. The summed E-state index contributed by atoms with van der Waals surface area (Å²) in [4.78, 5) is 2.43. The van der Waals surface area contributed by atoms with Crippen molar-refractivity contribution in [3.63, 3.8) is 0 Å². The second-order valence-corrected chi connectivity index (χ2v) is 14.8. The van der Waals surface area contributed by atoms with Crippen molar-refractivity contribution >= 4 is 71.7 Å². The van der Waals surface area contributed by atoms with Crippen LogP contribution in [0.4, 0.5) is 17.1 Å². The van der Waals surface area contributed by atoms with Gasteiger partial charge in [-0.2, -0.15) is 0 Å². The van der Waals surface area contributed by atoms with Gasteiger partial charge in [-0.05, 0) is 92.7 Å². The van der Waals surface area contributed by atoms with Crippen LogP contribution in [0.3, 0.4) is 0 Å². The van der Waals surface area contributed by atoms with Crippen molar-refractivity contribution in [2.24, 2.45) is 0 Å². The Balaban J connectivity index is 1.23. The molecule has 0 radical (unpaired) electrons. The van der Waals surface area contributed by atoms with Gasteiger partial charge in [0.15, 0.2) is 0 Å². The largest absolute Gasteiger partial charge is 0.456 e. The van der Waals surface area contributed by atoms with Crippen LogP contribution in [-0.4, -0.2) is 0 Å². The quantitative estimate of drug-likeness (QED) is 0.178. The lowest BCUT2D eigenvalue weighted by Crippen LogP contribution is -2.29. The number of nitrogens with zero attached hydrogens (tertiary/aromatic N) is 1. The molecule has 9 aromatic carbocycles. The van der Waals surface area contributed by atoms with Gasteiger partial charge in [0.1, 0.15) is 22.3 Å². The lowest BCUT2D eigenvalue weighted by molar-refractivity contribution is 0.668. The van der Waals surface area contributed by atoms with Crippen molar-refractivity contribution in [3.8, 4) is 11.1 Å². The summed E-state index contributed by atoms with van der Waals surface area (Å²) in [5.41, 5.74) is 13.5. The molecule has 0 saturated carbocycles. The van der Waals surface area contributed by atoms with Crippen LogP contribution >= 0.6 is 0 Å². The molecule has 2 aromatic heterocycles. The minimum absolute atomic E-state index is 0.599. The molecule has 0 aliphatic heterocycles. The first-order chi connectivity index (χ1) is 27.8. The molecule has 1 aliphatic rings. The fraction of sp³-hybridized carbons (Fsp3) is 0.0189. The van der Waals surface area contributed by atoms with E-state index in [0.29, 0.717) is 0 Å². The van der Waals surface area contributed by atoms with Crippen LogP contribution in [0.15, 0.2) is 209 Å². The zero-order valence-electron chi connectivity index (χ0n) is 30.3. The van der Waals surface area contributed by atoms with E-state index in [-0.39, 0.29) is 0 Å². The highest BCUT2D eigenvalue weighted by Gasteiger charge is 2.47. The Labute approximate surface area is 323 Å². The fourth-order valence-electron chi connectivity index (χ4n) is 9.69. The molecule has 0 spiro atoms. The van der Waals surface area contributed by atoms with Gasteiger partial charge < -0.3 is 13.7 Å². The normalized spacial score (nSPS) is 13.1. The maximum atomic E-state index is 6.52. The molecule has 56 heavy (non-hydrogen) atoms. The summed E-state index contributed by atoms with van der Waals surface area (Å²) in [6.45, 7) is 0. The topological polar surface area (TPSA) is 29.5 Å². The second kappa shape index (κ2) is 11.8. The van der Waals surface area contributed by atoms with Crippen LogP contribution < -0.4 is 4.90 Å². The van der Waals surface area contributed by atoms with Crippen molar-refractivity contribution in [2.75, 3.05) is 4.90 Å². The predicted octanol–water partition coefficient (Wildman–Crippen LogP) is 14.5. The summed E-state index contributed by atoms with van der Waals surface area (Å²) in [7, 11) is 0. The molecule has 1 aliphatic carbocycles. The molecule has 3 nitrogen and oxygen atoms in total. The number of benzene rings is 9. The van der Waals surface area contributed by atoms with Crippen LogP contribution in [0.5, 0.6) is 0 Å². The van der Waals surface area contributed by atoms with E-state index in [2.05, 4.69) is 193 Å². The lowest BCUT2D eigenvalue weighted by Gasteiger charge is -2.35. The van der Waals surface area contributed by atoms with Crippen LogP contribution in [0, 0.1) is 0 Å². The molecule has 0 bridgehead atoms. The van der Waals surface area contributed by atoms with Gasteiger partial charge in [-0.25, -0.2) is 0 Å². The summed E-state index contributed by atoms with van der Waals surface area (Å²) < 4.78 is 13.0. The van der Waals surface area contributed by atoms with E-state index < -0.39 is 5.41 Å². The molecule has 262 valence electrons. The molecular weight excluding hydrogens is 683 g/mol. The van der Waals surface area contributed by atoms with Gasteiger partial charge in [0.2, 0.25) is 0 Å². The lowest BCUT2D eigenvalue weighted by atomic mass is 9.66. The van der Waals surface area contributed by atoms with E-state index in [1.54, 1.807) is 0 Å². The van der Waals surface area contributed by atoms with Gasteiger partial charge in [-0.1, -0.05) is 152 Å². The summed E-state index contributed by atoms with van der Waals surface area (Å²) in [5, 5.41) is 6.79. The number of anilines is 3. The molecule has 0 atom stereocenters. The fourth-order valence-corrected chi connectivity index (χ4v) is 9.69. The smallest absolute Gasteiger partial charge is 0.137 e. The van der Waals surface area contributed by atoms with Crippen LogP contribution in [0.25, 0.3) is 65.8 Å². The second-order valence-electron chi connectivity index (χ2n) is 14.8. The number of furan rings is 2. The number of hydrogen-bond acceptors (Lipinski definition) is 3. The molecular formula is C53H33NO2. The third kappa shape index (κ3) is 4.22.